The van der Waals surface area contributed by atoms with E-state index in [9.17, 15) is 8.42 Å². The summed E-state index contributed by atoms with van der Waals surface area (Å²) in [4.78, 5) is 4.55. The highest BCUT2D eigenvalue weighted by atomic mass is 32.2. The lowest BCUT2D eigenvalue weighted by Gasteiger charge is -2.19. The maximum Gasteiger partial charge on any atom is 0.161 e. The molecule has 7 heteroatoms. The van der Waals surface area contributed by atoms with Gasteiger partial charge in [0.25, 0.3) is 0 Å². The minimum Gasteiger partial charge on any atom is -0.493 e. The van der Waals surface area contributed by atoms with Crippen molar-refractivity contribution in [2.24, 2.45) is 0 Å². The molecule has 0 unspecified atom stereocenters. The van der Waals surface area contributed by atoms with Crippen LogP contribution in [0.25, 0.3) is 0 Å². The molecule has 2 N–H and O–H groups in total. The highest BCUT2D eigenvalue weighted by molar-refractivity contribution is 7.90. The van der Waals surface area contributed by atoms with Gasteiger partial charge in [0.2, 0.25) is 0 Å². The number of nitrogens with zero attached hydrogens (tertiary/aromatic N) is 1. The standard InChI is InChI=1S/C21H28N2O4S/c1-4-27-21-11-15(7-8-20(21)26-2)17(13-28(3,24)25)10-19-18(22)9-16(12-23-19)14-5-6-14/h7-9,11-12,14,17H,4-6,10,13,22H2,1-3H3/t17-/m1/s1. The van der Waals surface area contributed by atoms with Crippen LogP contribution in [-0.2, 0) is 16.3 Å². The molecule has 0 bridgehead atoms. The van der Waals surface area contributed by atoms with Crippen molar-refractivity contribution >= 4 is 15.5 Å². The van der Waals surface area contributed by atoms with Crippen LogP contribution in [0.15, 0.2) is 30.5 Å². The summed E-state index contributed by atoms with van der Waals surface area (Å²) in [5.41, 5.74) is 9.63. The van der Waals surface area contributed by atoms with Gasteiger partial charge in [0.05, 0.1) is 30.9 Å². The Labute approximate surface area is 167 Å². The average molecular weight is 405 g/mol. The zero-order chi connectivity index (χ0) is 20.3. The SMILES string of the molecule is CCOc1cc([C@H](Cc2ncc(C3CC3)cc2N)CS(C)(=O)=O)ccc1OC. The van der Waals surface area contributed by atoms with E-state index in [1.165, 1.54) is 24.7 Å². The van der Waals surface area contributed by atoms with Crippen molar-refractivity contribution in [2.75, 3.05) is 31.5 Å². The van der Waals surface area contributed by atoms with E-state index < -0.39 is 9.84 Å². The van der Waals surface area contributed by atoms with Crippen molar-refractivity contribution in [3.05, 3.63) is 47.3 Å². The Kier molecular flexibility index (Phi) is 6.13. The number of aromatic nitrogens is 1. The van der Waals surface area contributed by atoms with E-state index in [1.807, 2.05) is 37.4 Å². The van der Waals surface area contributed by atoms with Crippen molar-refractivity contribution in [3.63, 3.8) is 0 Å². The van der Waals surface area contributed by atoms with E-state index in [0.717, 1.165) is 11.3 Å². The van der Waals surface area contributed by atoms with Gasteiger partial charge in [-0.25, -0.2) is 8.42 Å². The quantitative estimate of drug-likeness (QED) is 0.689. The first-order chi connectivity index (χ1) is 13.3. The summed E-state index contributed by atoms with van der Waals surface area (Å²) in [7, 11) is -1.62. The van der Waals surface area contributed by atoms with Gasteiger partial charge in [0.15, 0.2) is 11.5 Å². The van der Waals surface area contributed by atoms with Gasteiger partial charge in [0, 0.05) is 18.4 Å². The van der Waals surface area contributed by atoms with Gasteiger partial charge < -0.3 is 15.2 Å². The molecule has 28 heavy (non-hydrogen) atoms. The molecule has 2 aromatic rings. The Hall–Kier alpha value is -2.28. The summed E-state index contributed by atoms with van der Waals surface area (Å²) >= 11 is 0. The minimum atomic E-state index is -3.20. The van der Waals surface area contributed by atoms with Crippen LogP contribution in [0.4, 0.5) is 5.69 Å². The molecular weight excluding hydrogens is 376 g/mol. The van der Waals surface area contributed by atoms with Crippen LogP contribution in [0.1, 0.15) is 48.4 Å². The molecule has 1 saturated carbocycles. The molecule has 152 valence electrons. The highest BCUT2D eigenvalue weighted by Gasteiger charge is 2.26. The van der Waals surface area contributed by atoms with Gasteiger partial charge in [-0.15, -0.1) is 0 Å². The number of nitrogen functional groups attached to an aromatic ring is 1. The maximum absolute atomic E-state index is 12.1. The predicted octanol–water partition coefficient (Wildman–Crippen LogP) is 3.32. The number of anilines is 1. The van der Waals surface area contributed by atoms with E-state index in [2.05, 4.69) is 4.98 Å². The van der Waals surface area contributed by atoms with Crippen molar-refractivity contribution < 1.29 is 17.9 Å². The fourth-order valence-electron chi connectivity index (χ4n) is 3.42. The molecule has 1 fully saturated rings. The van der Waals surface area contributed by atoms with E-state index in [1.54, 1.807) is 7.11 Å². The Morgan fingerprint density at radius 3 is 2.57 bits per heavy atom. The van der Waals surface area contributed by atoms with Crippen molar-refractivity contribution in [3.8, 4) is 11.5 Å². The molecule has 1 aliphatic rings. The van der Waals surface area contributed by atoms with Crippen LogP contribution >= 0.6 is 0 Å². The lowest BCUT2D eigenvalue weighted by atomic mass is 9.94. The molecule has 0 radical (unpaired) electrons. The molecule has 1 aromatic carbocycles. The van der Waals surface area contributed by atoms with E-state index in [4.69, 9.17) is 15.2 Å². The van der Waals surface area contributed by atoms with Crippen LogP contribution < -0.4 is 15.2 Å². The number of pyridine rings is 1. The van der Waals surface area contributed by atoms with Gasteiger partial charge in [-0.05, 0) is 61.4 Å². The molecule has 3 rings (SSSR count). The minimum absolute atomic E-state index is 0.0103. The predicted molar refractivity (Wildman–Crippen MR) is 111 cm³/mol. The van der Waals surface area contributed by atoms with E-state index >= 15 is 0 Å². The number of hydrogen-bond donors (Lipinski definition) is 1. The molecule has 0 aliphatic heterocycles. The topological polar surface area (TPSA) is 91.5 Å². The fraction of sp³-hybridized carbons (Fsp3) is 0.476. The maximum atomic E-state index is 12.1. The Balaban J connectivity index is 1.92. The second-order valence-electron chi connectivity index (χ2n) is 7.42. The number of sulfone groups is 1. The van der Waals surface area contributed by atoms with Crippen LogP contribution in [0, 0.1) is 0 Å². The monoisotopic (exact) mass is 404 g/mol. The molecule has 1 aromatic heterocycles. The largest absolute Gasteiger partial charge is 0.493 e. The first kappa shape index (κ1) is 20.5. The summed E-state index contributed by atoms with van der Waals surface area (Å²) in [6, 6.07) is 7.53. The normalized spacial score (nSPS) is 15.2. The number of benzene rings is 1. The third-order valence-corrected chi connectivity index (χ3v) is 5.98. The Morgan fingerprint density at radius 1 is 1.25 bits per heavy atom. The second-order valence-corrected chi connectivity index (χ2v) is 9.60. The Bertz CT molecular complexity index is 939. The van der Waals surface area contributed by atoms with Gasteiger partial charge in [-0.2, -0.15) is 0 Å². The molecule has 0 spiro atoms. The molecule has 1 heterocycles. The Morgan fingerprint density at radius 2 is 2.00 bits per heavy atom. The number of nitrogens with two attached hydrogens (primary N) is 1. The number of rotatable bonds is 9. The zero-order valence-corrected chi connectivity index (χ0v) is 17.5. The summed E-state index contributed by atoms with van der Waals surface area (Å²) in [5, 5.41) is 0. The lowest BCUT2D eigenvalue weighted by Crippen LogP contribution is -2.17. The summed E-state index contributed by atoms with van der Waals surface area (Å²) < 4.78 is 35.1. The fourth-order valence-corrected chi connectivity index (χ4v) is 4.47. The highest BCUT2D eigenvalue weighted by Crippen LogP contribution is 2.41. The van der Waals surface area contributed by atoms with Crippen LogP contribution in [-0.4, -0.2) is 39.1 Å². The third-order valence-electron chi connectivity index (χ3n) is 4.98. The summed E-state index contributed by atoms with van der Waals surface area (Å²) in [6.45, 7) is 2.39. The molecule has 6 nitrogen and oxygen atoms in total. The van der Waals surface area contributed by atoms with Crippen molar-refractivity contribution in [1.82, 2.24) is 4.98 Å². The van der Waals surface area contributed by atoms with Crippen LogP contribution in [0.5, 0.6) is 11.5 Å². The first-order valence-corrected chi connectivity index (χ1v) is 11.6. The van der Waals surface area contributed by atoms with Gasteiger partial charge in [-0.3, -0.25) is 4.98 Å². The first-order valence-electron chi connectivity index (χ1n) is 9.53. The second kappa shape index (κ2) is 8.39. The summed E-state index contributed by atoms with van der Waals surface area (Å²) in [6.07, 6.45) is 5.94. The van der Waals surface area contributed by atoms with Crippen LogP contribution in [0.3, 0.4) is 0 Å². The lowest BCUT2D eigenvalue weighted by molar-refractivity contribution is 0.310. The van der Waals surface area contributed by atoms with Crippen molar-refractivity contribution in [1.29, 1.82) is 0 Å². The molecule has 1 atom stereocenters. The van der Waals surface area contributed by atoms with Crippen LogP contribution in [0.2, 0.25) is 0 Å². The smallest absolute Gasteiger partial charge is 0.161 e. The van der Waals surface area contributed by atoms with Crippen molar-refractivity contribution in [2.45, 2.75) is 38.0 Å². The number of ether oxygens (including phenoxy) is 2. The third kappa shape index (κ3) is 5.16. The molecule has 0 amide bonds. The summed E-state index contributed by atoms with van der Waals surface area (Å²) in [5.74, 6) is 1.53. The molecule has 1 aliphatic carbocycles. The van der Waals surface area contributed by atoms with Gasteiger partial charge in [-0.1, -0.05) is 6.07 Å². The molecule has 0 saturated heterocycles. The van der Waals surface area contributed by atoms with E-state index in [0.29, 0.717) is 36.1 Å². The van der Waals surface area contributed by atoms with Gasteiger partial charge in [0.1, 0.15) is 9.84 Å². The molecular formula is C21H28N2O4S. The average Bonchev–Trinajstić information content (AvgIpc) is 3.47. The number of hydrogen-bond acceptors (Lipinski definition) is 6. The van der Waals surface area contributed by atoms with Gasteiger partial charge >= 0.3 is 0 Å². The zero-order valence-electron chi connectivity index (χ0n) is 16.6. The van der Waals surface area contributed by atoms with E-state index in [-0.39, 0.29) is 11.7 Å². The number of methoxy groups -OCH3 is 1.